The Morgan fingerprint density at radius 2 is 1.77 bits per heavy atom. The van der Waals surface area contributed by atoms with E-state index in [-0.39, 0.29) is 0 Å². The first-order chi connectivity index (χ1) is 10.6. The molecule has 0 atom stereocenters. The third-order valence-corrected chi connectivity index (χ3v) is 2.77. The van der Waals surface area contributed by atoms with E-state index in [1.54, 1.807) is 36.4 Å². The van der Waals surface area contributed by atoms with Crippen LogP contribution in [-0.4, -0.2) is 31.0 Å². The predicted octanol–water partition coefficient (Wildman–Crippen LogP) is 1.68. The molecule has 114 valence electrons. The zero-order chi connectivity index (χ0) is 15.9. The summed E-state index contributed by atoms with van der Waals surface area (Å²) in [7, 11) is 2.98. The summed E-state index contributed by atoms with van der Waals surface area (Å²) in [6, 6.07) is 9.83. The van der Waals surface area contributed by atoms with Crippen LogP contribution in [0.2, 0.25) is 0 Å². The average molecular weight is 301 g/mol. The second-order valence-electron chi connectivity index (χ2n) is 4.19. The molecule has 1 aromatic carbocycles. The fraction of sp³-hybridized carbons (Fsp3) is 0.133. The summed E-state index contributed by atoms with van der Waals surface area (Å²) in [5.41, 5.74) is 0.365. The van der Waals surface area contributed by atoms with Gasteiger partial charge in [0.05, 0.1) is 19.9 Å². The van der Waals surface area contributed by atoms with Crippen LogP contribution in [0.25, 0.3) is 0 Å². The molecule has 1 aromatic heterocycles. The van der Waals surface area contributed by atoms with Crippen molar-refractivity contribution in [3.63, 3.8) is 0 Å². The van der Waals surface area contributed by atoms with Crippen LogP contribution >= 0.6 is 0 Å². The molecule has 0 fully saturated rings. The van der Waals surface area contributed by atoms with E-state index >= 15 is 0 Å². The molecule has 0 aliphatic rings. The number of anilines is 2. The Kier molecular flexibility index (Phi) is 4.92. The summed E-state index contributed by atoms with van der Waals surface area (Å²) in [6.07, 6.45) is 1.51. The molecular formula is C15H15N3O4. The van der Waals surface area contributed by atoms with E-state index in [0.29, 0.717) is 23.0 Å². The Morgan fingerprint density at radius 1 is 1.00 bits per heavy atom. The highest BCUT2D eigenvalue weighted by atomic mass is 16.5. The lowest BCUT2D eigenvalue weighted by Gasteiger charge is -2.11. The average Bonchev–Trinajstić information content (AvgIpc) is 2.56. The third kappa shape index (κ3) is 3.72. The molecule has 2 aromatic rings. The Hall–Kier alpha value is -3.09. The summed E-state index contributed by atoms with van der Waals surface area (Å²) >= 11 is 0. The minimum Gasteiger partial charge on any atom is -0.497 e. The Morgan fingerprint density at radius 3 is 2.41 bits per heavy atom. The Bertz CT molecular complexity index is 674. The van der Waals surface area contributed by atoms with Gasteiger partial charge in [-0.15, -0.1) is 0 Å². The van der Waals surface area contributed by atoms with Crippen LogP contribution in [0.5, 0.6) is 11.5 Å². The quantitative estimate of drug-likeness (QED) is 0.839. The van der Waals surface area contributed by atoms with Crippen LogP contribution in [0.3, 0.4) is 0 Å². The molecule has 0 aliphatic carbocycles. The first kappa shape index (κ1) is 15.3. The van der Waals surface area contributed by atoms with Crippen molar-refractivity contribution in [2.24, 2.45) is 0 Å². The van der Waals surface area contributed by atoms with Crippen LogP contribution in [0.1, 0.15) is 0 Å². The molecule has 2 N–H and O–H groups in total. The van der Waals surface area contributed by atoms with Gasteiger partial charge in [0.1, 0.15) is 17.3 Å². The van der Waals surface area contributed by atoms with Gasteiger partial charge in [-0.2, -0.15) is 0 Å². The van der Waals surface area contributed by atoms with Crippen molar-refractivity contribution >= 4 is 23.3 Å². The van der Waals surface area contributed by atoms with Gasteiger partial charge in [-0.25, -0.2) is 4.98 Å². The van der Waals surface area contributed by atoms with Gasteiger partial charge in [0, 0.05) is 12.3 Å². The van der Waals surface area contributed by atoms with E-state index < -0.39 is 11.8 Å². The van der Waals surface area contributed by atoms with Gasteiger partial charge in [-0.3, -0.25) is 9.59 Å². The normalized spacial score (nSPS) is 9.73. The lowest BCUT2D eigenvalue weighted by molar-refractivity contribution is -0.133. The van der Waals surface area contributed by atoms with E-state index in [9.17, 15) is 9.59 Å². The third-order valence-electron chi connectivity index (χ3n) is 2.77. The molecule has 0 bridgehead atoms. The molecule has 0 saturated carbocycles. The first-order valence-corrected chi connectivity index (χ1v) is 6.39. The summed E-state index contributed by atoms with van der Waals surface area (Å²) in [6.45, 7) is 0. The lowest BCUT2D eigenvalue weighted by Crippen LogP contribution is -2.29. The second kappa shape index (κ2) is 7.07. The maximum absolute atomic E-state index is 11.9. The van der Waals surface area contributed by atoms with Gasteiger partial charge in [-0.05, 0) is 24.3 Å². The highest BCUT2D eigenvalue weighted by Crippen LogP contribution is 2.28. The van der Waals surface area contributed by atoms with E-state index in [1.807, 2.05) is 0 Å². The molecule has 0 spiro atoms. The minimum atomic E-state index is -0.825. The topological polar surface area (TPSA) is 89.5 Å². The zero-order valence-corrected chi connectivity index (χ0v) is 12.1. The summed E-state index contributed by atoms with van der Waals surface area (Å²) in [5, 5.41) is 4.87. The molecule has 22 heavy (non-hydrogen) atoms. The number of hydrogen-bond acceptors (Lipinski definition) is 5. The number of rotatable bonds is 4. The highest BCUT2D eigenvalue weighted by molar-refractivity contribution is 6.43. The molecule has 7 heteroatoms. The zero-order valence-electron chi connectivity index (χ0n) is 12.1. The van der Waals surface area contributed by atoms with Crippen LogP contribution in [0.15, 0.2) is 42.6 Å². The number of nitrogens with one attached hydrogen (secondary N) is 2. The first-order valence-electron chi connectivity index (χ1n) is 6.39. The maximum Gasteiger partial charge on any atom is 0.315 e. The molecular weight excluding hydrogens is 286 g/mol. The van der Waals surface area contributed by atoms with E-state index in [4.69, 9.17) is 9.47 Å². The van der Waals surface area contributed by atoms with Gasteiger partial charge in [0.25, 0.3) is 0 Å². The molecule has 2 amide bonds. The monoisotopic (exact) mass is 301 g/mol. The smallest absolute Gasteiger partial charge is 0.315 e. The summed E-state index contributed by atoms with van der Waals surface area (Å²) in [4.78, 5) is 27.6. The molecule has 0 radical (unpaired) electrons. The van der Waals surface area contributed by atoms with Crippen molar-refractivity contribution in [1.82, 2.24) is 4.98 Å². The SMILES string of the molecule is COc1ccc(NC(=O)C(=O)Nc2ccccn2)c(OC)c1. The van der Waals surface area contributed by atoms with Crippen molar-refractivity contribution in [1.29, 1.82) is 0 Å². The van der Waals surface area contributed by atoms with Crippen LogP contribution < -0.4 is 20.1 Å². The van der Waals surface area contributed by atoms with Crippen molar-refractivity contribution in [3.05, 3.63) is 42.6 Å². The Balaban J connectivity index is 2.07. The summed E-state index contributed by atoms with van der Waals surface area (Å²) in [5.74, 6) is -0.388. The minimum absolute atomic E-state index is 0.296. The van der Waals surface area contributed by atoms with Crippen molar-refractivity contribution in [3.8, 4) is 11.5 Å². The second-order valence-corrected chi connectivity index (χ2v) is 4.19. The van der Waals surface area contributed by atoms with E-state index in [0.717, 1.165) is 0 Å². The fourth-order valence-corrected chi connectivity index (χ4v) is 1.69. The van der Waals surface area contributed by atoms with Gasteiger partial charge in [-0.1, -0.05) is 6.07 Å². The number of amides is 2. The lowest BCUT2D eigenvalue weighted by atomic mass is 10.2. The number of aromatic nitrogens is 1. The number of nitrogens with zero attached hydrogens (tertiary/aromatic N) is 1. The van der Waals surface area contributed by atoms with Crippen molar-refractivity contribution in [2.75, 3.05) is 24.9 Å². The number of benzene rings is 1. The van der Waals surface area contributed by atoms with Crippen LogP contribution in [0, 0.1) is 0 Å². The molecule has 0 saturated heterocycles. The van der Waals surface area contributed by atoms with Gasteiger partial charge in [0.15, 0.2) is 0 Å². The highest BCUT2D eigenvalue weighted by Gasteiger charge is 2.16. The van der Waals surface area contributed by atoms with E-state index in [1.165, 1.54) is 20.4 Å². The molecule has 2 rings (SSSR count). The van der Waals surface area contributed by atoms with Crippen molar-refractivity contribution < 1.29 is 19.1 Å². The van der Waals surface area contributed by atoms with Crippen molar-refractivity contribution in [2.45, 2.75) is 0 Å². The maximum atomic E-state index is 11.9. The molecule has 0 unspecified atom stereocenters. The molecule has 1 heterocycles. The molecule has 0 aliphatic heterocycles. The number of pyridine rings is 1. The molecule has 7 nitrogen and oxygen atoms in total. The fourth-order valence-electron chi connectivity index (χ4n) is 1.69. The van der Waals surface area contributed by atoms with Crippen LogP contribution in [-0.2, 0) is 9.59 Å². The van der Waals surface area contributed by atoms with Gasteiger partial charge >= 0.3 is 11.8 Å². The summed E-state index contributed by atoms with van der Waals surface area (Å²) < 4.78 is 10.2. The van der Waals surface area contributed by atoms with Crippen LogP contribution in [0.4, 0.5) is 11.5 Å². The van der Waals surface area contributed by atoms with E-state index in [2.05, 4.69) is 15.6 Å². The number of ether oxygens (including phenoxy) is 2. The number of carbonyl (C=O) groups is 2. The number of carbonyl (C=O) groups excluding carboxylic acids is 2. The largest absolute Gasteiger partial charge is 0.497 e. The van der Waals surface area contributed by atoms with Gasteiger partial charge in [0.2, 0.25) is 0 Å². The standard InChI is InChI=1S/C15H15N3O4/c1-21-10-6-7-11(12(9-10)22-2)17-14(19)15(20)18-13-5-3-4-8-16-13/h3-9H,1-2H3,(H,17,19)(H,16,18,20). The predicted molar refractivity (Wildman–Crippen MR) is 81.0 cm³/mol. The number of hydrogen-bond donors (Lipinski definition) is 2. The van der Waals surface area contributed by atoms with Gasteiger partial charge < -0.3 is 20.1 Å². The Labute approximate surface area is 127 Å². The number of methoxy groups -OCH3 is 2.